The van der Waals surface area contributed by atoms with Crippen LogP contribution in [0.15, 0.2) is 22.7 Å². The van der Waals surface area contributed by atoms with E-state index in [9.17, 15) is 4.79 Å². The first kappa shape index (κ1) is 19.3. The number of hydrogen-bond donors (Lipinski definition) is 1. The number of hydrogen-bond acceptors (Lipinski definition) is 3. The van der Waals surface area contributed by atoms with Gasteiger partial charge in [-0.15, -0.1) is 0 Å². The van der Waals surface area contributed by atoms with Crippen molar-refractivity contribution < 1.29 is 9.53 Å². The average molecular weight is 397 g/mol. The predicted molar refractivity (Wildman–Crippen MR) is 101 cm³/mol. The molecule has 1 aliphatic rings. The van der Waals surface area contributed by atoms with Crippen LogP contribution in [-0.4, -0.2) is 37.6 Å². The lowest BCUT2D eigenvalue weighted by Crippen LogP contribution is -2.46. The summed E-state index contributed by atoms with van der Waals surface area (Å²) in [4.78, 5) is 14.4. The first-order chi connectivity index (χ1) is 11.4. The summed E-state index contributed by atoms with van der Waals surface area (Å²) in [5, 5.41) is 3.23. The van der Waals surface area contributed by atoms with Crippen LogP contribution in [0.5, 0.6) is 5.75 Å². The number of nitrogens with zero attached hydrogens (tertiary/aromatic N) is 1. The fourth-order valence-corrected chi connectivity index (χ4v) is 3.91. The van der Waals surface area contributed by atoms with Gasteiger partial charge in [0.2, 0.25) is 5.91 Å². The summed E-state index contributed by atoms with van der Waals surface area (Å²) in [6.07, 6.45) is 3.58. The standard InChI is InChI=1S/C19H29BrN2O2/c1-13-6-5-7-17(14(13)2)21-19(23)12-22(3)11-15-10-16(20)8-9-18(15)24-4/h8-10,13-14,17H,5-7,11-12H2,1-4H3,(H,21,23)/t13-,14-,17+/m0/s1. The Morgan fingerprint density at radius 1 is 1.38 bits per heavy atom. The quantitative estimate of drug-likeness (QED) is 0.793. The maximum absolute atomic E-state index is 12.4. The lowest BCUT2D eigenvalue weighted by Gasteiger charge is -2.35. The van der Waals surface area contributed by atoms with E-state index in [0.717, 1.165) is 22.2 Å². The van der Waals surface area contributed by atoms with Crippen LogP contribution in [0.25, 0.3) is 0 Å². The zero-order valence-electron chi connectivity index (χ0n) is 15.1. The van der Waals surface area contributed by atoms with E-state index in [0.29, 0.717) is 31.0 Å². The normalized spacial score (nSPS) is 24.0. The van der Waals surface area contributed by atoms with Gasteiger partial charge in [-0.2, -0.15) is 0 Å². The minimum atomic E-state index is 0.109. The Morgan fingerprint density at radius 2 is 2.12 bits per heavy atom. The number of benzene rings is 1. The maximum Gasteiger partial charge on any atom is 0.234 e. The van der Waals surface area contributed by atoms with Crippen molar-refractivity contribution in [2.75, 3.05) is 20.7 Å². The molecule has 1 amide bonds. The molecular weight excluding hydrogens is 368 g/mol. The molecule has 0 bridgehead atoms. The number of nitrogens with one attached hydrogen (secondary N) is 1. The van der Waals surface area contributed by atoms with Crippen molar-refractivity contribution in [2.24, 2.45) is 11.8 Å². The highest BCUT2D eigenvalue weighted by molar-refractivity contribution is 9.10. The second-order valence-corrected chi connectivity index (χ2v) is 7.99. The maximum atomic E-state index is 12.4. The minimum Gasteiger partial charge on any atom is -0.496 e. The van der Waals surface area contributed by atoms with E-state index in [1.54, 1.807) is 7.11 Å². The van der Waals surface area contributed by atoms with Gasteiger partial charge in [0.15, 0.2) is 0 Å². The van der Waals surface area contributed by atoms with Gasteiger partial charge in [0.1, 0.15) is 5.75 Å². The van der Waals surface area contributed by atoms with E-state index in [4.69, 9.17) is 4.74 Å². The molecule has 1 aromatic rings. The summed E-state index contributed by atoms with van der Waals surface area (Å²) in [6, 6.07) is 6.26. The van der Waals surface area contributed by atoms with Crippen LogP contribution in [0, 0.1) is 11.8 Å². The number of ether oxygens (including phenoxy) is 1. The van der Waals surface area contributed by atoms with Gasteiger partial charge in [-0.25, -0.2) is 0 Å². The number of rotatable bonds is 6. The molecule has 3 atom stereocenters. The Morgan fingerprint density at radius 3 is 2.83 bits per heavy atom. The zero-order chi connectivity index (χ0) is 17.7. The Bertz CT molecular complexity index is 564. The monoisotopic (exact) mass is 396 g/mol. The Balaban J connectivity index is 1.89. The molecule has 24 heavy (non-hydrogen) atoms. The SMILES string of the molecule is COc1ccc(Br)cc1CN(C)CC(=O)N[C@@H]1CCC[C@H](C)[C@@H]1C. The van der Waals surface area contributed by atoms with Gasteiger partial charge < -0.3 is 10.1 Å². The lowest BCUT2D eigenvalue weighted by molar-refractivity contribution is -0.123. The molecule has 2 rings (SSSR count). The molecule has 0 spiro atoms. The number of methoxy groups -OCH3 is 1. The van der Waals surface area contributed by atoms with Crippen molar-refractivity contribution in [2.45, 2.75) is 45.7 Å². The number of likely N-dealkylation sites (N-methyl/N-ethyl adjacent to an activating group) is 1. The van der Waals surface area contributed by atoms with Crippen molar-refractivity contribution in [3.8, 4) is 5.75 Å². The van der Waals surface area contributed by atoms with E-state index >= 15 is 0 Å². The van der Waals surface area contributed by atoms with Gasteiger partial charge in [-0.05, 0) is 43.5 Å². The molecule has 0 aliphatic heterocycles. The van der Waals surface area contributed by atoms with E-state index in [1.807, 2.05) is 30.1 Å². The summed E-state index contributed by atoms with van der Waals surface area (Å²) in [5.74, 6) is 2.20. The van der Waals surface area contributed by atoms with Gasteiger partial charge >= 0.3 is 0 Å². The molecule has 0 saturated heterocycles. The van der Waals surface area contributed by atoms with Gasteiger partial charge in [-0.1, -0.05) is 42.6 Å². The summed E-state index contributed by atoms with van der Waals surface area (Å²) in [6.45, 7) is 5.61. The average Bonchev–Trinajstić information content (AvgIpc) is 2.52. The van der Waals surface area contributed by atoms with Crippen LogP contribution in [0.1, 0.15) is 38.7 Å². The minimum absolute atomic E-state index is 0.109. The van der Waals surface area contributed by atoms with E-state index < -0.39 is 0 Å². The van der Waals surface area contributed by atoms with Crippen LogP contribution >= 0.6 is 15.9 Å². The van der Waals surface area contributed by atoms with E-state index in [2.05, 4.69) is 35.1 Å². The summed E-state index contributed by atoms with van der Waals surface area (Å²) >= 11 is 3.49. The molecule has 1 N–H and O–H groups in total. The topological polar surface area (TPSA) is 41.6 Å². The van der Waals surface area contributed by atoms with Crippen molar-refractivity contribution in [3.63, 3.8) is 0 Å². The fourth-order valence-electron chi connectivity index (χ4n) is 3.50. The molecule has 0 heterocycles. The van der Waals surface area contributed by atoms with Gasteiger partial charge in [0.25, 0.3) is 0 Å². The highest BCUT2D eigenvalue weighted by atomic mass is 79.9. The number of carbonyl (C=O) groups is 1. The lowest BCUT2D eigenvalue weighted by atomic mass is 9.78. The van der Waals surface area contributed by atoms with Crippen molar-refractivity contribution in [1.82, 2.24) is 10.2 Å². The Hall–Kier alpha value is -1.07. The number of amides is 1. The molecule has 0 unspecified atom stereocenters. The Kier molecular flexibility index (Phi) is 7.11. The zero-order valence-corrected chi connectivity index (χ0v) is 16.7. The summed E-state index contributed by atoms with van der Waals surface area (Å²) < 4.78 is 6.42. The van der Waals surface area contributed by atoms with Crippen LogP contribution in [-0.2, 0) is 11.3 Å². The van der Waals surface area contributed by atoms with Gasteiger partial charge in [0.05, 0.1) is 13.7 Å². The molecule has 0 radical (unpaired) electrons. The fraction of sp³-hybridized carbons (Fsp3) is 0.632. The number of halogens is 1. The van der Waals surface area contributed by atoms with Crippen LogP contribution in [0.4, 0.5) is 0 Å². The molecule has 0 aromatic heterocycles. The van der Waals surface area contributed by atoms with Crippen molar-refractivity contribution in [3.05, 3.63) is 28.2 Å². The molecule has 1 aliphatic carbocycles. The highest BCUT2D eigenvalue weighted by Gasteiger charge is 2.28. The molecule has 5 heteroatoms. The number of carbonyl (C=O) groups excluding carboxylic acids is 1. The molecule has 4 nitrogen and oxygen atoms in total. The van der Waals surface area contributed by atoms with E-state index in [1.165, 1.54) is 12.8 Å². The smallest absolute Gasteiger partial charge is 0.234 e. The second kappa shape index (κ2) is 8.86. The molecular formula is C19H29BrN2O2. The Labute approximate surface area is 154 Å². The van der Waals surface area contributed by atoms with Crippen molar-refractivity contribution in [1.29, 1.82) is 0 Å². The molecule has 1 aromatic carbocycles. The third-order valence-corrected chi connectivity index (χ3v) is 5.64. The summed E-state index contributed by atoms with van der Waals surface area (Å²) in [5.41, 5.74) is 1.07. The highest BCUT2D eigenvalue weighted by Crippen LogP contribution is 2.29. The van der Waals surface area contributed by atoms with Crippen LogP contribution in [0.2, 0.25) is 0 Å². The van der Waals surface area contributed by atoms with Crippen LogP contribution < -0.4 is 10.1 Å². The third kappa shape index (κ3) is 5.21. The predicted octanol–water partition coefficient (Wildman–Crippen LogP) is 3.83. The van der Waals surface area contributed by atoms with Gasteiger partial charge in [-0.3, -0.25) is 9.69 Å². The van der Waals surface area contributed by atoms with Crippen LogP contribution in [0.3, 0.4) is 0 Å². The second-order valence-electron chi connectivity index (χ2n) is 7.07. The van der Waals surface area contributed by atoms with E-state index in [-0.39, 0.29) is 5.91 Å². The van der Waals surface area contributed by atoms with Gasteiger partial charge in [0, 0.05) is 22.6 Å². The third-order valence-electron chi connectivity index (χ3n) is 5.15. The molecule has 1 fully saturated rings. The van der Waals surface area contributed by atoms with Crippen molar-refractivity contribution >= 4 is 21.8 Å². The molecule has 134 valence electrons. The largest absolute Gasteiger partial charge is 0.496 e. The first-order valence-corrected chi connectivity index (χ1v) is 9.50. The molecule has 1 saturated carbocycles. The summed E-state index contributed by atoms with van der Waals surface area (Å²) in [7, 11) is 3.64. The first-order valence-electron chi connectivity index (χ1n) is 8.71.